The topological polar surface area (TPSA) is 74.4 Å². The van der Waals surface area contributed by atoms with Gasteiger partial charge in [0.05, 0.1) is 31.9 Å². The molecule has 1 N–H and O–H groups in total. The van der Waals surface area contributed by atoms with Crippen molar-refractivity contribution in [3.63, 3.8) is 0 Å². The van der Waals surface area contributed by atoms with Crippen LogP contribution in [0.3, 0.4) is 0 Å². The fourth-order valence-corrected chi connectivity index (χ4v) is 4.68. The average molecular weight is 467 g/mol. The summed E-state index contributed by atoms with van der Waals surface area (Å²) in [5, 5.41) is 3.07. The van der Waals surface area contributed by atoms with Crippen molar-refractivity contribution in [2.45, 2.75) is 25.9 Å². The molecule has 2 aliphatic heterocycles. The van der Waals surface area contributed by atoms with Crippen molar-refractivity contribution in [2.75, 3.05) is 68.2 Å². The molecule has 2 aliphatic rings. The molecule has 34 heavy (non-hydrogen) atoms. The van der Waals surface area contributed by atoms with Gasteiger partial charge in [-0.1, -0.05) is 0 Å². The third-order valence-electron chi connectivity index (χ3n) is 6.72. The largest absolute Gasteiger partial charge is 0.465 e. The number of ether oxygens (including phenoxy) is 2. The fourth-order valence-electron chi connectivity index (χ4n) is 4.68. The molecule has 8 nitrogen and oxygen atoms in total. The van der Waals surface area contributed by atoms with Gasteiger partial charge in [-0.05, 0) is 62.4 Å². The second-order valence-corrected chi connectivity index (χ2v) is 8.88. The van der Waals surface area contributed by atoms with Crippen molar-refractivity contribution in [1.29, 1.82) is 0 Å². The standard InChI is InChI=1S/C26H34N4O4/c1-19-18-29(24-8-4-21(5-9-24)26(32)33-3)12-13-30(19)20(2)25(31)27-22-6-10-23(11-7-22)28-14-16-34-17-15-28/h4-11,19-20H,12-18H2,1-3H3,(H,27,31). The van der Waals surface area contributed by atoms with Gasteiger partial charge in [0.2, 0.25) is 5.91 Å². The Morgan fingerprint density at radius 3 is 2.18 bits per heavy atom. The molecule has 2 heterocycles. The molecule has 2 aromatic rings. The summed E-state index contributed by atoms with van der Waals surface area (Å²) in [6, 6.07) is 15.5. The highest BCUT2D eigenvalue weighted by atomic mass is 16.5. The molecule has 2 atom stereocenters. The average Bonchev–Trinajstić information content (AvgIpc) is 2.88. The minimum absolute atomic E-state index is 0.00172. The zero-order valence-electron chi connectivity index (χ0n) is 20.2. The van der Waals surface area contributed by atoms with E-state index in [-0.39, 0.29) is 24.0 Å². The summed E-state index contributed by atoms with van der Waals surface area (Å²) in [5.74, 6) is -0.331. The molecule has 0 aliphatic carbocycles. The zero-order valence-corrected chi connectivity index (χ0v) is 20.2. The summed E-state index contributed by atoms with van der Waals surface area (Å²) < 4.78 is 10.2. The maximum absolute atomic E-state index is 13.0. The van der Waals surface area contributed by atoms with E-state index in [0.29, 0.717) is 5.56 Å². The molecule has 2 unspecified atom stereocenters. The molecule has 0 spiro atoms. The molecule has 182 valence electrons. The quantitative estimate of drug-likeness (QED) is 0.656. The number of piperazine rings is 1. The Labute approximate surface area is 201 Å². The Kier molecular flexibility index (Phi) is 7.70. The number of carbonyl (C=O) groups excluding carboxylic acids is 2. The van der Waals surface area contributed by atoms with Gasteiger partial charge in [-0.25, -0.2) is 4.79 Å². The van der Waals surface area contributed by atoms with E-state index < -0.39 is 0 Å². The van der Waals surface area contributed by atoms with Gasteiger partial charge >= 0.3 is 5.97 Å². The third kappa shape index (κ3) is 5.51. The molecular weight excluding hydrogens is 432 g/mol. The number of nitrogens with zero attached hydrogens (tertiary/aromatic N) is 3. The fraction of sp³-hybridized carbons (Fsp3) is 0.462. The third-order valence-corrected chi connectivity index (χ3v) is 6.72. The molecule has 1 amide bonds. The molecule has 8 heteroatoms. The Hall–Kier alpha value is -3.10. The van der Waals surface area contributed by atoms with Crippen LogP contribution in [0.15, 0.2) is 48.5 Å². The number of rotatable bonds is 6. The van der Waals surface area contributed by atoms with Crippen molar-refractivity contribution in [1.82, 2.24) is 4.90 Å². The van der Waals surface area contributed by atoms with Gasteiger partial charge in [-0.15, -0.1) is 0 Å². The van der Waals surface area contributed by atoms with E-state index in [2.05, 4.69) is 39.1 Å². The first-order valence-electron chi connectivity index (χ1n) is 11.9. The van der Waals surface area contributed by atoms with E-state index in [1.54, 1.807) is 12.1 Å². The van der Waals surface area contributed by atoms with Gasteiger partial charge in [-0.3, -0.25) is 9.69 Å². The maximum Gasteiger partial charge on any atom is 0.337 e. The van der Waals surface area contributed by atoms with Crippen LogP contribution in [0.4, 0.5) is 17.1 Å². The lowest BCUT2D eigenvalue weighted by Gasteiger charge is -2.43. The van der Waals surface area contributed by atoms with Gasteiger partial charge in [0, 0.05) is 55.8 Å². The monoisotopic (exact) mass is 466 g/mol. The highest BCUT2D eigenvalue weighted by Gasteiger charge is 2.31. The molecule has 4 rings (SSSR count). The first-order valence-corrected chi connectivity index (χ1v) is 11.9. The van der Waals surface area contributed by atoms with E-state index in [1.165, 1.54) is 7.11 Å². The van der Waals surface area contributed by atoms with Crippen molar-refractivity contribution in [3.8, 4) is 0 Å². The van der Waals surface area contributed by atoms with Crippen LogP contribution in [0.25, 0.3) is 0 Å². The molecule has 0 bridgehead atoms. The predicted octanol–water partition coefficient (Wildman–Crippen LogP) is 2.85. The van der Waals surface area contributed by atoms with Gasteiger partial charge in [-0.2, -0.15) is 0 Å². The number of methoxy groups -OCH3 is 1. The number of hydrogen-bond acceptors (Lipinski definition) is 7. The van der Waals surface area contributed by atoms with E-state index in [4.69, 9.17) is 9.47 Å². The number of esters is 1. The second kappa shape index (κ2) is 10.9. The van der Waals surface area contributed by atoms with Crippen LogP contribution >= 0.6 is 0 Å². The van der Waals surface area contributed by atoms with Crippen LogP contribution in [0.2, 0.25) is 0 Å². The first kappa shape index (κ1) is 24.0. The SMILES string of the molecule is COC(=O)c1ccc(N2CCN(C(C)C(=O)Nc3ccc(N4CCOCC4)cc3)C(C)C2)cc1. The van der Waals surface area contributed by atoms with Crippen molar-refractivity contribution < 1.29 is 19.1 Å². The normalized spacial score (nSPS) is 20.0. The van der Waals surface area contributed by atoms with E-state index in [9.17, 15) is 9.59 Å². The molecule has 0 radical (unpaired) electrons. The molecule has 2 saturated heterocycles. The smallest absolute Gasteiger partial charge is 0.337 e. The van der Waals surface area contributed by atoms with Crippen LogP contribution in [0.5, 0.6) is 0 Å². The highest BCUT2D eigenvalue weighted by molar-refractivity contribution is 5.94. The zero-order chi connectivity index (χ0) is 24.1. The minimum atomic E-state index is -0.333. The van der Waals surface area contributed by atoms with Crippen molar-refractivity contribution in [2.24, 2.45) is 0 Å². The number of carbonyl (C=O) groups is 2. The van der Waals surface area contributed by atoms with Crippen LogP contribution < -0.4 is 15.1 Å². The number of hydrogen-bond donors (Lipinski definition) is 1. The lowest BCUT2D eigenvalue weighted by Crippen LogP contribution is -2.57. The van der Waals surface area contributed by atoms with Gasteiger partial charge < -0.3 is 24.6 Å². The number of benzene rings is 2. The first-order chi connectivity index (χ1) is 16.5. The Bertz CT molecular complexity index is 973. The second-order valence-electron chi connectivity index (χ2n) is 8.88. The lowest BCUT2D eigenvalue weighted by molar-refractivity contribution is -0.121. The Morgan fingerprint density at radius 1 is 0.941 bits per heavy atom. The molecule has 2 aromatic carbocycles. The van der Waals surface area contributed by atoms with Crippen LogP contribution in [-0.4, -0.2) is 81.9 Å². The molecule has 2 fully saturated rings. The van der Waals surface area contributed by atoms with Gasteiger partial charge in [0.15, 0.2) is 0 Å². The highest BCUT2D eigenvalue weighted by Crippen LogP contribution is 2.23. The van der Waals surface area contributed by atoms with Gasteiger partial charge in [0.1, 0.15) is 0 Å². The van der Waals surface area contributed by atoms with Crippen molar-refractivity contribution in [3.05, 3.63) is 54.1 Å². The molecule has 0 aromatic heterocycles. The van der Waals surface area contributed by atoms with E-state index >= 15 is 0 Å². The Morgan fingerprint density at radius 2 is 1.56 bits per heavy atom. The summed E-state index contributed by atoms with van der Waals surface area (Å²) in [4.78, 5) is 31.5. The van der Waals surface area contributed by atoms with E-state index in [0.717, 1.165) is 63.0 Å². The number of amides is 1. The molecular formula is C26H34N4O4. The van der Waals surface area contributed by atoms with Crippen LogP contribution in [0, 0.1) is 0 Å². The predicted molar refractivity (Wildman–Crippen MR) is 134 cm³/mol. The number of anilines is 3. The van der Waals surface area contributed by atoms with E-state index in [1.807, 2.05) is 31.2 Å². The molecule has 0 saturated carbocycles. The summed E-state index contributed by atoms with van der Waals surface area (Å²) in [6.07, 6.45) is 0. The summed E-state index contributed by atoms with van der Waals surface area (Å²) in [6.45, 7) is 9.80. The van der Waals surface area contributed by atoms with Crippen molar-refractivity contribution >= 4 is 28.9 Å². The summed E-state index contributed by atoms with van der Waals surface area (Å²) in [5.41, 5.74) is 3.57. The van der Waals surface area contributed by atoms with Crippen LogP contribution in [0.1, 0.15) is 24.2 Å². The van der Waals surface area contributed by atoms with Crippen LogP contribution in [-0.2, 0) is 14.3 Å². The maximum atomic E-state index is 13.0. The summed E-state index contributed by atoms with van der Waals surface area (Å²) in [7, 11) is 1.38. The van der Waals surface area contributed by atoms with Gasteiger partial charge in [0.25, 0.3) is 0 Å². The Balaban J connectivity index is 1.31. The summed E-state index contributed by atoms with van der Waals surface area (Å²) >= 11 is 0. The number of nitrogens with one attached hydrogen (secondary N) is 1. The minimum Gasteiger partial charge on any atom is -0.465 e. The number of morpholine rings is 1. The lowest BCUT2D eigenvalue weighted by atomic mass is 10.1.